The fraction of sp³-hybridized carbons (Fsp3) is 1.00. The van der Waals surface area contributed by atoms with Gasteiger partial charge in [0.05, 0.1) is 0 Å². The molecule has 0 aliphatic heterocycles. The molecule has 0 fully saturated rings. The molecule has 0 aromatic heterocycles. The fourth-order valence-corrected chi connectivity index (χ4v) is 1.03. The Morgan fingerprint density at radius 3 is 2.64 bits per heavy atom. The van der Waals surface area contributed by atoms with Crippen LogP contribution in [0, 0.1) is 5.92 Å². The summed E-state index contributed by atoms with van der Waals surface area (Å²) >= 11 is 5.54. The highest BCUT2D eigenvalue weighted by molar-refractivity contribution is 6.17. The van der Waals surface area contributed by atoms with Crippen LogP contribution >= 0.6 is 11.6 Å². The number of rotatable bonds is 7. The molecule has 0 saturated heterocycles. The fourth-order valence-electron chi connectivity index (χ4n) is 0.837. The molecule has 11 heavy (non-hydrogen) atoms. The molecule has 0 saturated carbocycles. The van der Waals surface area contributed by atoms with Crippen LogP contribution in [0.15, 0.2) is 0 Å². The summed E-state index contributed by atoms with van der Waals surface area (Å²) in [6.07, 6.45) is 3.61. The van der Waals surface area contributed by atoms with Gasteiger partial charge >= 0.3 is 0 Å². The molecule has 0 heterocycles. The van der Waals surface area contributed by atoms with Gasteiger partial charge in [-0.05, 0) is 31.8 Å². The van der Waals surface area contributed by atoms with E-state index in [0.717, 1.165) is 31.3 Å². The van der Waals surface area contributed by atoms with Crippen LogP contribution in [-0.2, 0) is 0 Å². The van der Waals surface area contributed by atoms with Gasteiger partial charge in [0.15, 0.2) is 0 Å². The molecule has 0 aromatic rings. The minimum atomic E-state index is 0.797. The molecule has 1 nitrogen and oxygen atoms in total. The van der Waals surface area contributed by atoms with Crippen molar-refractivity contribution in [2.75, 3.05) is 19.0 Å². The first kappa shape index (κ1) is 11.2. The van der Waals surface area contributed by atoms with E-state index < -0.39 is 0 Å². The maximum absolute atomic E-state index is 5.54. The van der Waals surface area contributed by atoms with Crippen molar-refractivity contribution in [3.63, 3.8) is 0 Å². The first-order valence-corrected chi connectivity index (χ1v) is 5.11. The maximum Gasteiger partial charge on any atom is 0.0223 e. The first-order chi connectivity index (χ1) is 5.31. The summed E-state index contributed by atoms with van der Waals surface area (Å²) in [4.78, 5) is 0. The Balaban J connectivity index is 2.89. The molecule has 1 unspecified atom stereocenters. The number of unbranched alkanes of at least 4 members (excludes halogenated alkanes) is 1. The summed E-state index contributed by atoms with van der Waals surface area (Å²) in [6, 6.07) is 0. The number of nitrogens with one attached hydrogen (secondary N) is 1. The van der Waals surface area contributed by atoms with Crippen molar-refractivity contribution in [2.24, 2.45) is 5.92 Å². The van der Waals surface area contributed by atoms with Crippen molar-refractivity contribution in [3.8, 4) is 0 Å². The summed E-state index contributed by atoms with van der Waals surface area (Å²) in [6.45, 7) is 6.77. The molecule has 0 bridgehead atoms. The van der Waals surface area contributed by atoms with Gasteiger partial charge in [-0.25, -0.2) is 0 Å². The minimum Gasteiger partial charge on any atom is -0.316 e. The lowest BCUT2D eigenvalue weighted by Gasteiger charge is -2.08. The van der Waals surface area contributed by atoms with Crippen molar-refractivity contribution in [1.82, 2.24) is 5.32 Å². The molecule has 1 N–H and O–H groups in total. The molecular formula is C9H20ClN. The number of halogens is 1. The van der Waals surface area contributed by atoms with E-state index in [1.807, 2.05) is 0 Å². The van der Waals surface area contributed by atoms with Crippen molar-refractivity contribution >= 4 is 11.6 Å². The zero-order valence-electron chi connectivity index (χ0n) is 7.70. The van der Waals surface area contributed by atoms with Crippen LogP contribution in [0.2, 0.25) is 0 Å². The van der Waals surface area contributed by atoms with Crippen molar-refractivity contribution in [2.45, 2.75) is 33.1 Å². The van der Waals surface area contributed by atoms with Crippen LogP contribution in [-0.4, -0.2) is 19.0 Å². The monoisotopic (exact) mass is 177 g/mol. The molecule has 0 aliphatic rings. The Kier molecular flexibility index (Phi) is 8.54. The highest BCUT2D eigenvalue weighted by Gasteiger charge is 1.95. The van der Waals surface area contributed by atoms with Crippen LogP contribution in [0.25, 0.3) is 0 Å². The topological polar surface area (TPSA) is 12.0 Å². The van der Waals surface area contributed by atoms with Gasteiger partial charge < -0.3 is 5.32 Å². The smallest absolute Gasteiger partial charge is 0.0223 e. The SMILES string of the molecule is CCC(C)CNCCCCCl. The molecule has 1 atom stereocenters. The lowest BCUT2D eigenvalue weighted by molar-refractivity contribution is 0.494. The number of hydrogen-bond acceptors (Lipinski definition) is 1. The quantitative estimate of drug-likeness (QED) is 0.466. The zero-order valence-corrected chi connectivity index (χ0v) is 8.45. The third-order valence-corrected chi connectivity index (χ3v) is 2.19. The lowest BCUT2D eigenvalue weighted by atomic mass is 10.1. The minimum absolute atomic E-state index is 0.797. The van der Waals surface area contributed by atoms with E-state index in [1.54, 1.807) is 0 Å². The molecule has 0 aromatic carbocycles. The van der Waals surface area contributed by atoms with E-state index >= 15 is 0 Å². The molecule has 0 amide bonds. The highest BCUT2D eigenvalue weighted by Crippen LogP contribution is 1.97. The van der Waals surface area contributed by atoms with E-state index in [9.17, 15) is 0 Å². The van der Waals surface area contributed by atoms with Crippen LogP contribution in [0.5, 0.6) is 0 Å². The van der Waals surface area contributed by atoms with E-state index in [2.05, 4.69) is 19.2 Å². The van der Waals surface area contributed by atoms with Crippen molar-refractivity contribution in [1.29, 1.82) is 0 Å². The van der Waals surface area contributed by atoms with Crippen LogP contribution < -0.4 is 5.32 Å². The van der Waals surface area contributed by atoms with Gasteiger partial charge in [0.1, 0.15) is 0 Å². The molecule has 0 spiro atoms. The van der Waals surface area contributed by atoms with Crippen molar-refractivity contribution in [3.05, 3.63) is 0 Å². The van der Waals surface area contributed by atoms with E-state index in [1.165, 1.54) is 12.8 Å². The largest absolute Gasteiger partial charge is 0.316 e. The Bertz CT molecular complexity index is 76.0. The lowest BCUT2D eigenvalue weighted by Crippen LogP contribution is -2.21. The van der Waals surface area contributed by atoms with Gasteiger partial charge in [0.25, 0.3) is 0 Å². The van der Waals surface area contributed by atoms with E-state index in [0.29, 0.717) is 0 Å². The second-order valence-electron chi connectivity index (χ2n) is 3.11. The first-order valence-electron chi connectivity index (χ1n) is 4.58. The van der Waals surface area contributed by atoms with Gasteiger partial charge in [0, 0.05) is 5.88 Å². The summed E-state index contributed by atoms with van der Waals surface area (Å²) in [7, 11) is 0. The summed E-state index contributed by atoms with van der Waals surface area (Å²) < 4.78 is 0. The van der Waals surface area contributed by atoms with Crippen LogP contribution in [0.4, 0.5) is 0 Å². The molecule has 0 rings (SSSR count). The molecule has 68 valence electrons. The van der Waals surface area contributed by atoms with Crippen LogP contribution in [0.3, 0.4) is 0 Å². The summed E-state index contributed by atoms with van der Waals surface area (Å²) in [5, 5.41) is 3.41. The normalized spacial score (nSPS) is 13.4. The average Bonchev–Trinajstić information content (AvgIpc) is 2.04. The Morgan fingerprint density at radius 1 is 1.36 bits per heavy atom. The summed E-state index contributed by atoms with van der Waals surface area (Å²) in [5.74, 6) is 1.61. The zero-order chi connectivity index (χ0) is 8.53. The van der Waals surface area contributed by atoms with Crippen LogP contribution in [0.1, 0.15) is 33.1 Å². The Labute approximate surface area is 75.5 Å². The molecule has 0 radical (unpaired) electrons. The third kappa shape index (κ3) is 8.15. The highest BCUT2D eigenvalue weighted by atomic mass is 35.5. The summed E-state index contributed by atoms with van der Waals surface area (Å²) in [5.41, 5.74) is 0. The number of hydrogen-bond donors (Lipinski definition) is 1. The Morgan fingerprint density at radius 2 is 2.09 bits per heavy atom. The second-order valence-corrected chi connectivity index (χ2v) is 3.49. The number of alkyl halides is 1. The van der Waals surface area contributed by atoms with Gasteiger partial charge in [-0.1, -0.05) is 20.3 Å². The van der Waals surface area contributed by atoms with E-state index in [4.69, 9.17) is 11.6 Å². The molecular weight excluding hydrogens is 158 g/mol. The van der Waals surface area contributed by atoms with Crippen molar-refractivity contribution < 1.29 is 0 Å². The van der Waals surface area contributed by atoms with Gasteiger partial charge in [-0.15, -0.1) is 11.6 Å². The third-order valence-electron chi connectivity index (χ3n) is 1.93. The predicted octanol–water partition coefficient (Wildman–Crippen LogP) is 2.64. The van der Waals surface area contributed by atoms with E-state index in [-0.39, 0.29) is 0 Å². The Hall–Kier alpha value is 0.250. The predicted molar refractivity (Wildman–Crippen MR) is 52.3 cm³/mol. The van der Waals surface area contributed by atoms with Gasteiger partial charge in [-0.2, -0.15) is 0 Å². The van der Waals surface area contributed by atoms with Gasteiger partial charge in [-0.3, -0.25) is 0 Å². The second kappa shape index (κ2) is 8.35. The molecule has 2 heteroatoms. The van der Waals surface area contributed by atoms with Gasteiger partial charge in [0.2, 0.25) is 0 Å². The average molecular weight is 178 g/mol. The maximum atomic E-state index is 5.54. The molecule has 0 aliphatic carbocycles. The standard InChI is InChI=1S/C9H20ClN/c1-3-9(2)8-11-7-5-4-6-10/h9,11H,3-8H2,1-2H3.